The van der Waals surface area contributed by atoms with Crippen LogP contribution in [0.3, 0.4) is 0 Å². The lowest BCUT2D eigenvalue weighted by Crippen LogP contribution is -2.24. The summed E-state index contributed by atoms with van der Waals surface area (Å²) in [6.07, 6.45) is 4.10. The number of fused-ring (bicyclic) bond motifs is 1. The molecule has 0 aliphatic carbocycles. The quantitative estimate of drug-likeness (QED) is 0.930. The molecule has 0 bridgehead atoms. The predicted molar refractivity (Wildman–Crippen MR) is 76.5 cm³/mol. The number of nitrogens with one attached hydrogen (secondary N) is 1. The standard InChI is InChI=1S/C15H17N3O2/c1-15(2)7-10-5-4-6-11(14(10)20-15)19-13-9-17-8-12(16-3)18-13/h4-6,8-9H,7H2,1-3H3,(H,16,18). The largest absolute Gasteiger partial charge is 0.483 e. The van der Waals surface area contributed by atoms with Crippen molar-refractivity contribution in [1.29, 1.82) is 0 Å². The van der Waals surface area contributed by atoms with Crippen LogP contribution in [0.2, 0.25) is 0 Å². The Hall–Kier alpha value is -2.30. The molecule has 0 fully saturated rings. The highest BCUT2D eigenvalue weighted by molar-refractivity contribution is 5.51. The summed E-state index contributed by atoms with van der Waals surface area (Å²) in [7, 11) is 1.79. The molecule has 0 radical (unpaired) electrons. The van der Waals surface area contributed by atoms with Gasteiger partial charge < -0.3 is 14.8 Å². The van der Waals surface area contributed by atoms with E-state index in [1.807, 2.05) is 12.1 Å². The third kappa shape index (κ3) is 2.39. The zero-order valence-corrected chi connectivity index (χ0v) is 11.8. The molecule has 0 unspecified atom stereocenters. The molecular formula is C15H17N3O2. The van der Waals surface area contributed by atoms with Crippen molar-refractivity contribution >= 4 is 5.82 Å². The van der Waals surface area contributed by atoms with E-state index < -0.39 is 0 Å². The molecule has 0 saturated carbocycles. The second kappa shape index (κ2) is 4.67. The highest BCUT2D eigenvalue weighted by Crippen LogP contribution is 2.42. The molecule has 0 amide bonds. The average Bonchev–Trinajstić information content (AvgIpc) is 2.74. The zero-order chi connectivity index (χ0) is 14.2. The molecule has 5 heteroatoms. The molecule has 1 aromatic carbocycles. The van der Waals surface area contributed by atoms with Gasteiger partial charge in [-0.15, -0.1) is 0 Å². The minimum absolute atomic E-state index is 0.194. The topological polar surface area (TPSA) is 56.3 Å². The van der Waals surface area contributed by atoms with Crippen molar-refractivity contribution in [1.82, 2.24) is 9.97 Å². The maximum Gasteiger partial charge on any atom is 0.240 e. The molecular weight excluding hydrogens is 254 g/mol. The monoisotopic (exact) mass is 271 g/mol. The van der Waals surface area contributed by atoms with Gasteiger partial charge in [-0.1, -0.05) is 12.1 Å². The van der Waals surface area contributed by atoms with Gasteiger partial charge in [0, 0.05) is 19.0 Å². The Morgan fingerprint density at radius 3 is 2.95 bits per heavy atom. The number of anilines is 1. The number of hydrogen-bond donors (Lipinski definition) is 1. The maximum absolute atomic E-state index is 5.97. The minimum atomic E-state index is -0.194. The molecule has 5 nitrogen and oxygen atoms in total. The van der Waals surface area contributed by atoms with Crippen LogP contribution in [0, 0.1) is 0 Å². The summed E-state index contributed by atoms with van der Waals surface area (Å²) in [6, 6.07) is 5.91. The number of nitrogens with zero attached hydrogens (tertiary/aromatic N) is 2. The summed E-state index contributed by atoms with van der Waals surface area (Å²) in [5.74, 6) is 2.58. The molecule has 20 heavy (non-hydrogen) atoms. The van der Waals surface area contributed by atoms with Crippen molar-refractivity contribution in [3.05, 3.63) is 36.2 Å². The van der Waals surface area contributed by atoms with Gasteiger partial charge in [0.25, 0.3) is 0 Å². The van der Waals surface area contributed by atoms with E-state index in [0.29, 0.717) is 17.4 Å². The summed E-state index contributed by atoms with van der Waals surface area (Å²) >= 11 is 0. The molecule has 1 aromatic heterocycles. The van der Waals surface area contributed by atoms with Crippen LogP contribution in [0.1, 0.15) is 19.4 Å². The van der Waals surface area contributed by atoms with Gasteiger partial charge in [-0.25, -0.2) is 0 Å². The van der Waals surface area contributed by atoms with Gasteiger partial charge in [0.1, 0.15) is 11.4 Å². The van der Waals surface area contributed by atoms with Gasteiger partial charge in [-0.05, 0) is 19.9 Å². The predicted octanol–water partition coefficient (Wildman–Crippen LogP) is 3.02. The first-order chi connectivity index (χ1) is 9.57. The normalized spacial score (nSPS) is 15.3. The first kappa shape index (κ1) is 12.7. The van der Waals surface area contributed by atoms with E-state index in [-0.39, 0.29) is 5.60 Å². The van der Waals surface area contributed by atoms with Crippen molar-refractivity contribution in [3.63, 3.8) is 0 Å². The molecule has 0 saturated heterocycles. The van der Waals surface area contributed by atoms with E-state index in [2.05, 4.69) is 35.2 Å². The van der Waals surface area contributed by atoms with E-state index >= 15 is 0 Å². The number of ether oxygens (including phenoxy) is 2. The van der Waals surface area contributed by atoms with E-state index in [0.717, 1.165) is 17.7 Å². The van der Waals surface area contributed by atoms with Gasteiger partial charge >= 0.3 is 0 Å². The van der Waals surface area contributed by atoms with Crippen molar-refractivity contribution in [2.24, 2.45) is 0 Å². The van der Waals surface area contributed by atoms with Crippen LogP contribution in [-0.2, 0) is 6.42 Å². The Bertz CT molecular complexity index is 641. The fourth-order valence-electron chi connectivity index (χ4n) is 2.30. The van der Waals surface area contributed by atoms with Gasteiger partial charge in [0.2, 0.25) is 5.88 Å². The molecule has 2 aromatic rings. The minimum Gasteiger partial charge on any atom is -0.483 e. The summed E-state index contributed by atoms with van der Waals surface area (Å²) in [5, 5.41) is 2.93. The second-order valence-corrected chi connectivity index (χ2v) is 5.38. The van der Waals surface area contributed by atoms with Crippen LogP contribution in [0.4, 0.5) is 5.82 Å². The first-order valence-corrected chi connectivity index (χ1v) is 6.56. The number of rotatable bonds is 3. The third-order valence-electron chi connectivity index (χ3n) is 3.14. The van der Waals surface area contributed by atoms with Gasteiger partial charge in [-0.3, -0.25) is 4.98 Å². The van der Waals surface area contributed by atoms with Crippen LogP contribution < -0.4 is 14.8 Å². The van der Waals surface area contributed by atoms with Gasteiger partial charge in [0.05, 0.1) is 12.4 Å². The summed E-state index contributed by atoms with van der Waals surface area (Å²) in [5.41, 5.74) is 0.963. The molecule has 1 aliphatic rings. The fourth-order valence-corrected chi connectivity index (χ4v) is 2.30. The van der Waals surface area contributed by atoms with Gasteiger partial charge in [-0.2, -0.15) is 4.98 Å². The Kier molecular flexibility index (Phi) is 2.97. The van der Waals surface area contributed by atoms with Crippen molar-refractivity contribution in [2.45, 2.75) is 25.9 Å². The summed E-state index contributed by atoms with van der Waals surface area (Å²) < 4.78 is 11.8. The van der Waals surface area contributed by atoms with E-state index in [1.165, 1.54) is 0 Å². The van der Waals surface area contributed by atoms with E-state index in [4.69, 9.17) is 9.47 Å². The second-order valence-electron chi connectivity index (χ2n) is 5.38. The third-order valence-corrected chi connectivity index (χ3v) is 3.14. The highest BCUT2D eigenvalue weighted by Gasteiger charge is 2.32. The summed E-state index contributed by atoms with van der Waals surface area (Å²) in [4.78, 5) is 8.38. The van der Waals surface area contributed by atoms with Crippen LogP contribution >= 0.6 is 0 Å². The van der Waals surface area contributed by atoms with Crippen LogP contribution in [0.15, 0.2) is 30.6 Å². The Morgan fingerprint density at radius 2 is 2.15 bits per heavy atom. The number of para-hydroxylation sites is 1. The number of aromatic nitrogens is 2. The SMILES string of the molecule is CNc1cncc(Oc2cccc3c2OC(C)(C)C3)n1. The first-order valence-electron chi connectivity index (χ1n) is 6.56. The van der Waals surface area contributed by atoms with Crippen molar-refractivity contribution < 1.29 is 9.47 Å². The molecule has 2 heterocycles. The van der Waals surface area contributed by atoms with E-state index in [1.54, 1.807) is 19.4 Å². The molecule has 1 N–H and O–H groups in total. The Balaban J connectivity index is 1.91. The summed E-state index contributed by atoms with van der Waals surface area (Å²) in [6.45, 7) is 4.14. The molecule has 104 valence electrons. The molecule has 3 rings (SSSR count). The van der Waals surface area contributed by atoms with Crippen LogP contribution in [0.5, 0.6) is 17.4 Å². The Morgan fingerprint density at radius 1 is 1.30 bits per heavy atom. The van der Waals surface area contributed by atoms with E-state index in [9.17, 15) is 0 Å². The number of hydrogen-bond acceptors (Lipinski definition) is 5. The fraction of sp³-hybridized carbons (Fsp3) is 0.333. The zero-order valence-electron chi connectivity index (χ0n) is 11.8. The lowest BCUT2D eigenvalue weighted by Gasteiger charge is -2.18. The maximum atomic E-state index is 5.97. The molecule has 0 atom stereocenters. The lowest BCUT2D eigenvalue weighted by atomic mass is 10.0. The Labute approximate surface area is 118 Å². The van der Waals surface area contributed by atoms with Crippen molar-refractivity contribution in [3.8, 4) is 17.4 Å². The molecule has 1 aliphatic heterocycles. The number of benzene rings is 1. The molecule has 0 spiro atoms. The lowest BCUT2D eigenvalue weighted by molar-refractivity contribution is 0.135. The van der Waals surface area contributed by atoms with Crippen LogP contribution in [-0.4, -0.2) is 22.6 Å². The van der Waals surface area contributed by atoms with Crippen molar-refractivity contribution in [2.75, 3.05) is 12.4 Å². The average molecular weight is 271 g/mol. The van der Waals surface area contributed by atoms with Crippen LogP contribution in [0.25, 0.3) is 0 Å². The highest BCUT2D eigenvalue weighted by atomic mass is 16.5. The smallest absolute Gasteiger partial charge is 0.240 e. The van der Waals surface area contributed by atoms with Gasteiger partial charge in [0.15, 0.2) is 11.5 Å².